The van der Waals surface area contributed by atoms with Crippen molar-refractivity contribution in [3.8, 4) is 5.75 Å². The zero-order chi connectivity index (χ0) is 31.7. The molecule has 2 aliphatic rings. The number of rotatable bonds is 5. The van der Waals surface area contributed by atoms with E-state index in [1.807, 2.05) is 41.5 Å². The number of ether oxygens (including phenoxy) is 4. The number of nitrogens with zero attached hydrogens (tertiary/aromatic N) is 3. The number of carbonyl (C=O) groups is 3. The number of likely N-dealkylation sites (tertiary alicyclic amines) is 2. The number of nitro groups is 1. The van der Waals surface area contributed by atoms with Gasteiger partial charge in [0, 0.05) is 51.2 Å². The number of benzene rings is 1. The second-order valence-corrected chi connectivity index (χ2v) is 12.1. The van der Waals surface area contributed by atoms with E-state index in [2.05, 4.69) is 0 Å². The van der Waals surface area contributed by atoms with Crippen LogP contribution in [0.3, 0.4) is 0 Å². The molecule has 0 aromatic heterocycles. The van der Waals surface area contributed by atoms with Gasteiger partial charge < -0.3 is 33.9 Å². The molecule has 236 valence electrons. The van der Waals surface area contributed by atoms with Gasteiger partial charge in [-0.2, -0.15) is 0 Å². The lowest BCUT2D eigenvalue weighted by atomic mass is 10.1. The average molecular weight is 596 g/mol. The van der Waals surface area contributed by atoms with Crippen LogP contribution < -0.4 is 4.74 Å². The Balaban J connectivity index is 0.000000369. The van der Waals surface area contributed by atoms with Crippen molar-refractivity contribution in [2.75, 3.05) is 32.8 Å². The number of nitro benzene ring substituents is 1. The summed E-state index contributed by atoms with van der Waals surface area (Å²) in [5.41, 5.74) is -1.19. The van der Waals surface area contributed by atoms with E-state index in [1.54, 1.807) is 16.7 Å². The maximum atomic E-state index is 12.2. The number of hydrogen-bond donors (Lipinski definition) is 1. The first-order valence-corrected chi connectivity index (χ1v) is 14.2. The van der Waals surface area contributed by atoms with Crippen LogP contribution in [0.2, 0.25) is 0 Å². The van der Waals surface area contributed by atoms with Gasteiger partial charge in [0.15, 0.2) is 0 Å². The molecule has 42 heavy (non-hydrogen) atoms. The van der Waals surface area contributed by atoms with Crippen LogP contribution in [0.5, 0.6) is 5.75 Å². The maximum absolute atomic E-state index is 12.2. The largest absolute Gasteiger partial charge is 0.489 e. The Labute approximate surface area is 247 Å². The zero-order valence-corrected chi connectivity index (χ0v) is 25.7. The maximum Gasteiger partial charge on any atom is 0.410 e. The van der Waals surface area contributed by atoms with Gasteiger partial charge in [-0.1, -0.05) is 0 Å². The number of aliphatic hydroxyl groups is 1. The summed E-state index contributed by atoms with van der Waals surface area (Å²) in [6.45, 7) is 14.9. The molecule has 2 aliphatic heterocycles. The Kier molecular flexibility index (Phi) is 12.4. The predicted molar refractivity (Wildman–Crippen MR) is 154 cm³/mol. The molecule has 13 heteroatoms. The molecule has 3 rings (SSSR count). The second-order valence-electron chi connectivity index (χ2n) is 12.1. The highest BCUT2D eigenvalue weighted by Crippen LogP contribution is 2.28. The molecule has 2 fully saturated rings. The fraction of sp³-hybridized carbons (Fsp3) is 0.690. The molecule has 2 heterocycles. The highest BCUT2D eigenvalue weighted by molar-refractivity contribution is 5.93. The Hall–Kier alpha value is -3.61. The summed E-state index contributed by atoms with van der Waals surface area (Å²) in [6.07, 6.45) is 1.29. The minimum atomic E-state index is -0.674. The number of non-ortho nitro benzene ring substituents is 1. The number of piperidine rings is 2. The van der Waals surface area contributed by atoms with Crippen molar-refractivity contribution in [2.45, 2.75) is 97.6 Å². The first kappa shape index (κ1) is 34.6. The summed E-state index contributed by atoms with van der Waals surface area (Å²) < 4.78 is 21.5. The molecule has 2 saturated heterocycles. The molecule has 1 aromatic carbocycles. The van der Waals surface area contributed by atoms with Crippen molar-refractivity contribution in [3.05, 3.63) is 33.9 Å². The summed E-state index contributed by atoms with van der Waals surface area (Å²) in [7, 11) is 0. The quantitative estimate of drug-likeness (QED) is 0.214. The third-order valence-corrected chi connectivity index (χ3v) is 6.17. The molecule has 0 unspecified atom stereocenters. The van der Waals surface area contributed by atoms with Crippen LogP contribution in [0.15, 0.2) is 18.2 Å². The Morgan fingerprint density at radius 3 is 1.81 bits per heavy atom. The summed E-state index contributed by atoms with van der Waals surface area (Å²) in [6, 6.07) is 3.85. The molecule has 1 N–H and O–H groups in total. The van der Waals surface area contributed by atoms with E-state index in [-0.39, 0.29) is 48.0 Å². The van der Waals surface area contributed by atoms with Crippen LogP contribution in [0.4, 0.5) is 15.3 Å². The van der Waals surface area contributed by atoms with E-state index in [1.165, 1.54) is 12.1 Å². The molecule has 0 aliphatic carbocycles. The van der Waals surface area contributed by atoms with Crippen LogP contribution >= 0.6 is 0 Å². The summed E-state index contributed by atoms with van der Waals surface area (Å²) in [4.78, 5) is 49.5. The minimum Gasteiger partial charge on any atom is -0.489 e. The van der Waals surface area contributed by atoms with Crippen LogP contribution in [0.25, 0.3) is 0 Å². The molecule has 0 spiro atoms. The number of amides is 2. The summed E-state index contributed by atoms with van der Waals surface area (Å²) >= 11 is 0. The van der Waals surface area contributed by atoms with Crippen LogP contribution in [0.1, 0.15) is 84.5 Å². The van der Waals surface area contributed by atoms with Gasteiger partial charge in [0.2, 0.25) is 0 Å². The van der Waals surface area contributed by atoms with Crippen LogP contribution in [-0.4, -0.2) is 94.2 Å². The van der Waals surface area contributed by atoms with Crippen molar-refractivity contribution in [3.63, 3.8) is 0 Å². The monoisotopic (exact) mass is 595 g/mol. The lowest BCUT2D eigenvalue weighted by Crippen LogP contribution is -2.44. The predicted octanol–water partition coefficient (Wildman–Crippen LogP) is 4.93. The Morgan fingerprint density at radius 1 is 0.905 bits per heavy atom. The van der Waals surface area contributed by atoms with Gasteiger partial charge in [-0.3, -0.25) is 10.1 Å². The van der Waals surface area contributed by atoms with Gasteiger partial charge in [-0.25, -0.2) is 14.4 Å². The van der Waals surface area contributed by atoms with Gasteiger partial charge in [0.25, 0.3) is 5.69 Å². The lowest BCUT2D eigenvalue weighted by Gasteiger charge is -2.33. The number of hydrogen-bond acceptors (Lipinski definition) is 10. The van der Waals surface area contributed by atoms with Crippen molar-refractivity contribution in [1.82, 2.24) is 9.80 Å². The number of carbonyl (C=O) groups excluding carboxylic acids is 3. The third kappa shape index (κ3) is 11.7. The van der Waals surface area contributed by atoms with E-state index in [9.17, 15) is 29.6 Å². The normalized spacial score (nSPS) is 16.6. The van der Waals surface area contributed by atoms with Gasteiger partial charge in [0.05, 0.1) is 17.6 Å². The first-order valence-electron chi connectivity index (χ1n) is 14.2. The fourth-order valence-electron chi connectivity index (χ4n) is 4.14. The topological polar surface area (TPSA) is 158 Å². The molecule has 0 bridgehead atoms. The van der Waals surface area contributed by atoms with Gasteiger partial charge in [-0.05, 0) is 67.4 Å². The summed E-state index contributed by atoms with van der Waals surface area (Å²) in [5.74, 6) is -0.438. The third-order valence-electron chi connectivity index (χ3n) is 6.17. The Bertz CT molecular complexity index is 1080. The molecular formula is C29H45N3O10. The molecular weight excluding hydrogens is 550 g/mol. The fourth-order valence-corrected chi connectivity index (χ4v) is 4.14. The number of esters is 1. The number of aliphatic hydroxyl groups excluding tert-OH is 1. The molecule has 13 nitrogen and oxygen atoms in total. The van der Waals surface area contributed by atoms with Crippen LogP contribution in [-0.2, 0) is 14.2 Å². The van der Waals surface area contributed by atoms with Crippen molar-refractivity contribution < 1.29 is 43.4 Å². The van der Waals surface area contributed by atoms with Crippen molar-refractivity contribution in [1.29, 1.82) is 0 Å². The van der Waals surface area contributed by atoms with Gasteiger partial charge >= 0.3 is 18.2 Å². The molecule has 2 amide bonds. The first-order chi connectivity index (χ1) is 19.5. The molecule has 1 aromatic rings. The minimum absolute atomic E-state index is 0.0191. The molecule has 0 radical (unpaired) electrons. The van der Waals surface area contributed by atoms with Crippen molar-refractivity contribution >= 4 is 23.8 Å². The van der Waals surface area contributed by atoms with Gasteiger partial charge in [0.1, 0.15) is 28.6 Å². The van der Waals surface area contributed by atoms with Gasteiger partial charge in [-0.15, -0.1) is 0 Å². The summed E-state index contributed by atoms with van der Waals surface area (Å²) in [5, 5.41) is 20.3. The highest BCUT2D eigenvalue weighted by Gasteiger charge is 2.29. The average Bonchev–Trinajstić information content (AvgIpc) is 2.88. The van der Waals surface area contributed by atoms with Crippen molar-refractivity contribution in [2.24, 2.45) is 0 Å². The van der Waals surface area contributed by atoms with E-state index < -0.39 is 22.1 Å². The van der Waals surface area contributed by atoms with E-state index in [0.29, 0.717) is 51.9 Å². The lowest BCUT2D eigenvalue weighted by molar-refractivity contribution is -0.384. The SMILES string of the molecule is CC(C)(C)OC(=O)N1CCC(O)CC1.CCOC(=O)c1cc([N+](=O)[O-])ccc1OC1CCN(C(=O)OC(C)(C)C)CC1. The Morgan fingerprint density at radius 2 is 1.38 bits per heavy atom. The smallest absolute Gasteiger partial charge is 0.410 e. The second kappa shape index (κ2) is 15.0. The van der Waals surface area contributed by atoms with E-state index >= 15 is 0 Å². The molecule has 0 atom stereocenters. The highest BCUT2D eigenvalue weighted by atomic mass is 16.6. The molecule has 0 saturated carbocycles. The van der Waals surface area contributed by atoms with E-state index in [4.69, 9.17) is 18.9 Å². The van der Waals surface area contributed by atoms with Crippen LogP contribution in [0, 0.1) is 10.1 Å². The zero-order valence-electron chi connectivity index (χ0n) is 25.7. The standard InChI is InChI=1S/C19H26N2O7.C10H19NO3/c1-5-26-17(22)15-12-13(21(24)25)6-7-16(15)27-14-8-10-20(11-9-14)18(23)28-19(2,3)4;1-10(2,3)14-9(13)11-6-4-8(12)5-7-11/h6-7,12,14H,5,8-11H2,1-4H3;8,12H,4-7H2,1-3H3. The van der Waals surface area contributed by atoms with E-state index in [0.717, 1.165) is 6.07 Å².